The number of hydrogen-bond acceptors (Lipinski definition) is 9. The Balaban J connectivity index is 1.25. The van der Waals surface area contributed by atoms with Gasteiger partial charge in [-0.3, -0.25) is 25.0 Å². The molecule has 2 aromatic carbocycles. The van der Waals surface area contributed by atoms with Crippen LogP contribution < -0.4 is 5.32 Å². The smallest absolute Gasteiger partial charge is 0.410 e. The molecule has 206 valence electrons. The molecule has 2 aromatic rings. The third-order valence-electron chi connectivity index (χ3n) is 7.16. The van der Waals surface area contributed by atoms with Crippen molar-refractivity contribution in [3.63, 3.8) is 0 Å². The Hall–Kier alpha value is -4.13. The molecule has 1 aliphatic heterocycles. The van der Waals surface area contributed by atoms with Gasteiger partial charge in [0.1, 0.15) is 19.0 Å². The number of benzene rings is 2. The molecule has 1 heterocycles. The van der Waals surface area contributed by atoms with Crippen molar-refractivity contribution in [3.8, 4) is 0 Å². The SMILES string of the molecule is CC(=O)[C@H]1C[C@@H]([C@@H]2C[C@H]2CNC(=S)OCc2ccc([N+](=O)[O-])cc2)N(C(=O)OCc2ccc([N+](=O)[O-])cc2)C1. The molecule has 39 heavy (non-hydrogen) atoms. The lowest BCUT2D eigenvalue weighted by Gasteiger charge is -2.24. The second-order valence-electron chi connectivity index (χ2n) is 9.78. The number of hydrogen-bond donors (Lipinski definition) is 1. The summed E-state index contributed by atoms with van der Waals surface area (Å²) in [4.78, 5) is 47.3. The van der Waals surface area contributed by atoms with Crippen LogP contribution in [-0.4, -0.2) is 50.9 Å². The lowest BCUT2D eigenvalue weighted by atomic mass is 9.99. The fourth-order valence-electron chi connectivity index (χ4n) is 4.82. The number of rotatable bonds is 10. The molecule has 0 unspecified atom stereocenters. The Morgan fingerprint density at radius 3 is 2.00 bits per heavy atom. The highest BCUT2D eigenvalue weighted by molar-refractivity contribution is 7.80. The van der Waals surface area contributed by atoms with E-state index in [0.717, 1.165) is 12.0 Å². The van der Waals surface area contributed by atoms with E-state index in [-0.39, 0.29) is 59.3 Å². The van der Waals surface area contributed by atoms with Crippen LogP contribution in [0.1, 0.15) is 30.9 Å². The van der Waals surface area contributed by atoms with Gasteiger partial charge in [-0.1, -0.05) is 0 Å². The molecule has 0 bridgehead atoms. The summed E-state index contributed by atoms with van der Waals surface area (Å²) in [6.07, 6.45) is 0.923. The quantitative estimate of drug-likeness (QED) is 0.256. The lowest BCUT2D eigenvalue weighted by Crippen LogP contribution is -2.38. The van der Waals surface area contributed by atoms with Gasteiger partial charge in [0.25, 0.3) is 16.5 Å². The van der Waals surface area contributed by atoms with E-state index < -0.39 is 15.9 Å². The van der Waals surface area contributed by atoms with Gasteiger partial charge >= 0.3 is 6.09 Å². The lowest BCUT2D eigenvalue weighted by molar-refractivity contribution is -0.385. The number of ketones is 1. The van der Waals surface area contributed by atoms with Crippen LogP contribution in [0.15, 0.2) is 48.5 Å². The van der Waals surface area contributed by atoms with Crippen molar-refractivity contribution >= 4 is 40.6 Å². The first-order valence-corrected chi connectivity index (χ1v) is 12.8. The molecular weight excluding hydrogens is 528 g/mol. The fourth-order valence-corrected chi connectivity index (χ4v) is 4.97. The number of nitrogens with zero attached hydrogens (tertiary/aromatic N) is 3. The van der Waals surface area contributed by atoms with Crippen LogP contribution in [0.3, 0.4) is 0 Å². The number of thiocarbonyl (C=S) groups is 1. The third-order valence-corrected chi connectivity index (χ3v) is 7.42. The maximum Gasteiger partial charge on any atom is 0.410 e. The van der Waals surface area contributed by atoms with Gasteiger partial charge < -0.3 is 19.7 Å². The van der Waals surface area contributed by atoms with Gasteiger partial charge in [-0.15, -0.1) is 0 Å². The molecule has 1 saturated carbocycles. The van der Waals surface area contributed by atoms with Crippen LogP contribution in [-0.2, 0) is 27.5 Å². The van der Waals surface area contributed by atoms with Crippen LogP contribution in [0.2, 0.25) is 0 Å². The zero-order chi connectivity index (χ0) is 28.1. The van der Waals surface area contributed by atoms with Crippen LogP contribution in [0.25, 0.3) is 0 Å². The van der Waals surface area contributed by atoms with Gasteiger partial charge in [-0.05, 0) is 79.2 Å². The normalized spacial score (nSPS) is 21.6. The molecule has 13 heteroatoms. The van der Waals surface area contributed by atoms with Crippen molar-refractivity contribution in [1.82, 2.24) is 10.2 Å². The predicted molar refractivity (Wildman–Crippen MR) is 143 cm³/mol. The summed E-state index contributed by atoms with van der Waals surface area (Å²) in [5, 5.41) is 24.9. The zero-order valence-electron chi connectivity index (χ0n) is 21.2. The highest BCUT2D eigenvalue weighted by Crippen LogP contribution is 2.47. The van der Waals surface area contributed by atoms with E-state index in [9.17, 15) is 29.8 Å². The van der Waals surface area contributed by atoms with Crippen molar-refractivity contribution in [2.75, 3.05) is 13.1 Å². The molecule has 1 aliphatic carbocycles. The van der Waals surface area contributed by atoms with Crippen LogP contribution in [0.5, 0.6) is 0 Å². The molecule has 1 N–H and O–H groups in total. The summed E-state index contributed by atoms with van der Waals surface area (Å²) in [5.41, 5.74) is 1.34. The summed E-state index contributed by atoms with van der Waals surface area (Å²) in [6.45, 7) is 2.53. The molecule has 0 aromatic heterocycles. The fraction of sp³-hybridized carbons (Fsp3) is 0.423. The maximum absolute atomic E-state index is 12.9. The summed E-state index contributed by atoms with van der Waals surface area (Å²) in [6, 6.07) is 11.7. The van der Waals surface area contributed by atoms with Gasteiger partial charge in [0.05, 0.1) is 9.85 Å². The first-order valence-electron chi connectivity index (χ1n) is 12.4. The molecule has 4 atom stereocenters. The maximum atomic E-state index is 12.9. The minimum atomic E-state index is -0.511. The second kappa shape index (κ2) is 12.2. The van der Waals surface area contributed by atoms with E-state index in [1.807, 2.05) is 0 Å². The highest BCUT2D eigenvalue weighted by Gasteiger charge is 2.51. The van der Waals surface area contributed by atoms with E-state index in [4.69, 9.17) is 21.7 Å². The Labute approximate surface area is 229 Å². The van der Waals surface area contributed by atoms with Gasteiger partial charge in [0.15, 0.2) is 0 Å². The minimum Gasteiger partial charge on any atom is -0.466 e. The van der Waals surface area contributed by atoms with E-state index in [0.29, 0.717) is 25.1 Å². The molecular formula is C26H28N4O8S. The summed E-state index contributed by atoms with van der Waals surface area (Å²) < 4.78 is 11.0. The predicted octanol–water partition coefficient (Wildman–Crippen LogP) is 4.15. The summed E-state index contributed by atoms with van der Waals surface area (Å²) in [7, 11) is 0. The Morgan fingerprint density at radius 1 is 0.949 bits per heavy atom. The average Bonchev–Trinajstić information content (AvgIpc) is 3.55. The molecule has 12 nitrogen and oxygen atoms in total. The molecule has 2 aliphatic rings. The van der Waals surface area contributed by atoms with Crippen LogP contribution in [0, 0.1) is 38.0 Å². The van der Waals surface area contributed by atoms with Crippen molar-refractivity contribution in [3.05, 3.63) is 79.9 Å². The van der Waals surface area contributed by atoms with Crippen molar-refractivity contribution in [1.29, 1.82) is 0 Å². The standard InChI is InChI=1S/C26H28N4O8S/c1-16(31)20-11-24(28(13-20)26(32)38-15-18-4-8-22(9-5-18)30(35)36)23-10-19(23)12-27-25(39)37-14-17-2-6-21(7-3-17)29(33)34/h2-9,19-20,23-24H,10-15H2,1H3,(H,27,39)/t19-,20-,23+,24-/m0/s1. The van der Waals surface area contributed by atoms with Crippen LogP contribution >= 0.6 is 12.2 Å². The first-order chi connectivity index (χ1) is 18.6. The number of non-ortho nitro benzene ring substituents is 2. The van der Waals surface area contributed by atoms with Crippen molar-refractivity contribution in [2.45, 2.75) is 39.0 Å². The van der Waals surface area contributed by atoms with Gasteiger partial charge in [0.2, 0.25) is 0 Å². The number of nitro groups is 2. The van der Waals surface area contributed by atoms with Gasteiger partial charge in [-0.2, -0.15) is 0 Å². The number of carbonyl (C=O) groups is 2. The molecule has 0 spiro atoms. The summed E-state index contributed by atoms with van der Waals surface area (Å²) >= 11 is 5.25. The number of carbonyl (C=O) groups excluding carboxylic acids is 2. The van der Waals surface area contributed by atoms with E-state index in [1.165, 1.54) is 31.2 Å². The summed E-state index contributed by atoms with van der Waals surface area (Å²) in [5.74, 6) is 0.210. The number of Topliss-reactive ketones (excluding diaryl/α,β-unsaturated/α-hetero) is 1. The van der Waals surface area contributed by atoms with Gasteiger partial charge in [0, 0.05) is 49.3 Å². The van der Waals surface area contributed by atoms with E-state index in [2.05, 4.69) is 5.32 Å². The first kappa shape index (κ1) is 27.9. The van der Waals surface area contributed by atoms with Crippen molar-refractivity contribution in [2.24, 2.45) is 17.8 Å². The average molecular weight is 557 g/mol. The minimum absolute atomic E-state index is 0.00225. The molecule has 2 fully saturated rings. The number of likely N-dealkylation sites (tertiary alicyclic amines) is 1. The van der Waals surface area contributed by atoms with E-state index >= 15 is 0 Å². The molecule has 1 amide bonds. The molecule has 0 radical (unpaired) electrons. The van der Waals surface area contributed by atoms with Crippen LogP contribution in [0.4, 0.5) is 16.2 Å². The zero-order valence-corrected chi connectivity index (χ0v) is 22.0. The number of nitro benzene ring substituents is 2. The third kappa shape index (κ3) is 7.25. The number of ether oxygens (including phenoxy) is 2. The molecule has 1 saturated heterocycles. The van der Waals surface area contributed by atoms with E-state index in [1.54, 1.807) is 29.2 Å². The van der Waals surface area contributed by atoms with Gasteiger partial charge in [-0.25, -0.2) is 4.79 Å². The Bertz CT molecular complexity index is 1250. The highest BCUT2D eigenvalue weighted by atomic mass is 32.1. The van der Waals surface area contributed by atoms with Crippen molar-refractivity contribution < 1.29 is 28.9 Å². The number of nitrogens with one attached hydrogen (secondary N) is 1. The molecule has 4 rings (SSSR count). The second-order valence-corrected chi connectivity index (χ2v) is 10.2. The largest absolute Gasteiger partial charge is 0.466 e. The monoisotopic (exact) mass is 556 g/mol. The Kier molecular flexibility index (Phi) is 8.69. The topological polar surface area (TPSA) is 154 Å². The Morgan fingerprint density at radius 2 is 1.49 bits per heavy atom. The number of amides is 1.